The molecule has 1 aromatic carbocycles. The summed E-state index contributed by atoms with van der Waals surface area (Å²) in [6.07, 6.45) is 2.25. The predicted octanol–water partition coefficient (Wildman–Crippen LogP) is 3.91. The van der Waals surface area contributed by atoms with Crippen LogP contribution >= 0.6 is 15.9 Å². The first-order valence-electron chi connectivity index (χ1n) is 6.32. The van der Waals surface area contributed by atoms with E-state index in [2.05, 4.69) is 36.7 Å². The van der Waals surface area contributed by atoms with Gasteiger partial charge in [0, 0.05) is 10.7 Å². The smallest absolute Gasteiger partial charge is 0.179 e. The van der Waals surface area contributed by atoms with Gasteiger partial charge >= 0.3 is 0 Å². The maximum Gasteiger partial charge on any atom is 0.179 e. The lowest BCUT2D eigenvalue weighted by Crippen LogP contribution is -2.12. The molecule has 3 nitrogen and oxygen atoms in total. The molecule has 0 N–H and O–H groups in total. The molecule has 0 spiro atoms. The molecule has 0 saturated heterocycles. The zero-order chi connectivity index (χ0) is 14.6. The van der Waals surface area contributed by atoms with Crippen LogP contribution in [0.25, 0.3) is 0 Å². The first-order valence-corrected chi connectivity index (χ1v) is 9.01. The Hall–Kier alpha value is -0.550. The molecule has 0 saturated carbocycles. The summed E-state index contributed by atoms with van der Waals surface area (Å²) in [5.41, 5.74) is 0. The minimum absolute atomic E-state index is 0.235. The van der Waals surface area contributed by atoms with Crippen LogP contribution in [0.15, 0.2) is 27.6 Å². The van der Waals surface area contributed by atoms with Gasteiger partial charge in [-0.3, -0.25) is 0 Å². The highest BCUT2D eigenvalue weighted by molar-refractivity contribution is 9.10. The summed E-state index contributed by atoms with van der Waals surface area (Å²) in [4.78, 5) is 0.235. The van der Waals surface area contributed by atoms with Crippen LogP contribution < -0.4 is 4.74 Å². The maximum atomic E-state index is 11.7. The number of sulfone groups is 1. The van der Waals surface area contributed by atoms with E-state index in [1.54, 1.807) is 18.2 Å². The molecule has 0 fully saturated rings. The molecule has 0 heterocycles. The van der Waals surface area contributed by atoms with Crippen molar-refractivity contribution in [3.63, 3.8) is 0 Å². The fourth-order valence-electron chi connectivity index (χ4n) is 2.00. The lowest BCUT2D eigenvalue weighted by atomic mass is 10.00. The monoisotopic (exact) mass is 348 g/mol. The molecule has 1 rings (SSSR count). The highest BCUT2D eigenvalue weighted by Gasteiger charge is 2.16. The molecule has 0 aliphatic rings. The third-order valence-electron chi connectivity index (χ3n) is 2.70. The summed E-state index contributed by atoms with van der Waals surface area (Å²) < 4.78 is 29.9. The van der Waals surface area contributed by atoms with Crippen LogP contribution in [0.5, 0.6) is 5.75 Å². The van der Waals surface area contributed by atoms with Crippen LogP contribution in [0, 0.1) is 11.8 Å². The van der Waals surface area contributed by atoms with Crippen LogP contribution in [-0.2, 0) is 9.84 Å². The van der Waals surface area contributed by atoms with Crippen LogP contribution in [-0.4, -0.2) is 21.3 Å². The quantitative estimate of drug-likeness (QED) is 0.782. The van der Waals surface area contributed by atoms with Crippen molar-refractivity contribution in [2.24, 2.45) is 11.8 Å². The van der Waals surface area contributed by atoms with Gasteiger partial charge in [-0.2, -0.15) is 0 Å². The van der Waals surface area contributed by atoms with Gasteiger partial charge in [0.2, 0.25) is 0 Å². The van der Waals surface area contributed by atoms with Crippen LogP contribution in [0.4, 0.5) is 0 Å². The molecule has 0 aliphatic carbocycles. The van der Waals surface area contributed by atoms with Crippen molar-refractivity contribution in [3.05, 3.63) is 22.7 Å². The van der Waals surface area contributed by atoms with Crippen LogP contribution in [0.3, 0.4) is 0 Å². The minimum atomic E-state index is -3.28. The third-order valence-corrected chi connectivity index (χ3v) is 4.31. The molecule has 108 valence electrons. The minimum Gasteiger partial charge on any atom is -0.492 e. The van der Waals surface area contributed by atoms with Gasteiger partial charge in [0.25, 0.3) is 0 Å². The number of hydrogen-bond donors (Lipinski definition) is 0. The molecule has 19 heavy (non-hydrogen) atoms. The Labute approximate surface area is 124 Å². The summed E-state index contributed by atoms with van der Waals surface area (Å²) in [5.74, 6) is 1.44. The topological polar surface area (TPSA) is 43.4 Å². The second-order valence-electron chi connectivity index (χ2n) is 5.41. The van der Waals surface area contributed by atoms with E-state index in [9.17, 15) is 8.42 Å². The van der Waals surface area contributed by atoms with Gasteiger partial charge in [-0.25, -0.2) is 8.42 Å². The van der Waals surface area contributed by atoms with E-state index in [1.807, 2.05) is 0 Å². The van der Waals surface area contributed by atoms with Gasteiger partial charge in [0.05, 0.1) is 6.61 Å². The van der Waals surface area contributed by atoms with Gasteiger partial charge in [-0.15, -0.1) is 0 Å². The third kappa shape index (κ3) is 5.53. The average molecular weight is 349 g/mol. The normalized spacial score (nSPS) is 13.6. The lowest BCUT2D eigenvalue weighted by Gasteiger charge is -2.16. The van der Waals surface area contributed by atoms with E-state index < -0.39 is 9.84 Å². The maximum absolute atomic E-state index is 11.7. The molecular formula is C14H21BrO3S. The summed E-state index contributed by atoms with van der Waals surface area (Å²) in [7, 11) is -3.28. The number of hydrogen-bond acceptors (Lipinski definition) is 3. The van der Waals surface area contributed by atoms with Crippen molar-refractivity contribution in [1.82, 2.24) is 0 Å². The van der Waals surface area contributed by atoms with Gasteiger partial charge in [-0.1, -0.05) is 36.7 Å². The van der Waals surface area contributed by atoms with Crippen molar-refractivity contribution in [2.45, 2.75) is 32.1 Å². The second-order valence-corrected chi connectivity index (χ2v) is 8.31. The SMILES string of the molecule is CC(C)C[C@H](C)COc1ccc(Br)cc1S(C)(=O)=O. The number of rotatable bonds is 6. The van der Waals surface area contributed by atoms with Gasteiger partial charge in [-0.05, 0) is 36.5 Å². The van der Waals surface area contributed by atoms with Crippen molar-refractivity contribution in [3.8, 4) is 5.75 Å². The highest BCUT2D eigenvalue weighted by Crippen LogP contribution is 2.28. The van der Waals surface area contributed by atoms with Gasteiger partial charge in [0.15, 0.2) is 9.84 Å². The van der Waals surface area contributed by atoms with E-state index in [0.717, 1.165) is 10.9 Å². The van der Waals surface area contributed by atoms with E-state index in [4.69, 9.17) is 4.74 Å². The first-order chi connectivity index (χ1) is 8.70. The van der Waals surface area contributed by atoms with E-state index in [1.165, 1.54) is 6.26 Å². The summed E-state index contributed by atoms with van der Waals surface area (Å²) >= 11 is 3.28. The Morgan fingerprint density at radius 2 is 1.89 bits per heavy atom. The fraction of sp³-hybridized carbons (Fsp3) is 0.571. The zero-order valence-electron chi connectivity index (χ0n) is 11.8. The van der Waals surface area contributed by atoms with Crippen molar-refractivity contribution >= 4 is 25.8 Å². The zero-order valence-corrected chi connectivity index (χ0v) is 14.2. The Morgan fingerprint density at radius 3 is 2.42 bits per heavy atom. The molecule has 1 aromatic rings. The van der Waals surface area contributed by atoms with Gasteiger partial charge in [0.1, 0.15) is 10.6 Å². The molecule has 0 bridgehead atoms. The Balaban J connectivity index is 2.84. The Kier molecular flexibility index (Phi) is 5.86. The number of halogens is 1. The van der Waals surface area contributed by atoms with E-state index in [0.29, 0.717) is 24.2 Å². The standard InChI is InChI=1S/C14H21BrO3S/c1-10(2)7-11(3)9-18-13-6-5-12(15)8-14(13)19(4,16)17/h5-6,8,10-11H,7,9H2,1-4H3/t11-/m0/s1. The number of ether oxygens (including phenoxy) is 1. The number of benzene rings is 1. The molecule has 0 aromatic heterocycles. The average Bonchev–Trinajstić information content (AvgIpc) is 2.25. The summed E-state index contributed by atoms with van der Waals surface area (Å²) in [6, 6.07) is 5.07. The predicted molar refractivity (Wildman–Crippen MR) is 81.4 cm³/mol. The van der Waals surface area contributed by atoms with Crippen molar-refractivity contribution in [1.29, 1.82) is 0 Å². The molecule has 0 unspecified atom stereocenters. The van der Waals surface area contributed by atoms with Gasteiger partial charge < -0.3 is 4.74 Å². The molecule has 0 radical (unpaired) electrons. The first kappa shape index (κ1) is 16.5. The Bertz CT molecular complexity index is 523. The Morgan fingerprint density at radius 1 is 1.26 bits per heavy atom. The summed E-state index contributed by atoms with van der Waals surface area (Å²) in [5, 5.41) is 0. The molecule has 0 amide bonds. The van der Waals surface area contributed by atoms with Crippen molar-refractivity contribution < 1.29 is 13.2 Å². The largest absolute Gasteiger partial charge is 0.492 e. The van der Waals surface area contributed by atoms with Crippen LogP contribution in [0.1, 0.15) is 27.2 Å². The molecule has 5 heteroatoms. The lowest BCUT2D eigenvalue weighted by molar-refractivity contribution is 0.234. The highest BCUT2D eigenvalue weighted by atomic mass is 79.9. The molecule has 0 aliphatic heterocycles. The molecular weight excluding hydrogens is 328 g/mol. The summed E-state index contributed by atoms with van der Waals surface area (Å²) in [6.45, 7) is 6.97. The van der Waals surface area contributed by atoms with Crippen molar-refractivity contribution in [2.75, 3.05) is 12.9 Å². The molecule has 1 atom stereocenters. The van der Waals surface area contributed by atoms with E-state index >= 15 is 0 Å². The van der Waals surface area contributed by atoms with Crippen LogP contribution in [0.2, 0.25) is 0 Å². The van der Waals surface area contributed by atoms with E-state index in [-0.39, 0.29) is 4.90 Å². The fourth-order valence-corrected chi connectivity index (χ4v) is 3.34. The second kappa shape index (κ2) is 6.75.